The Bertz CT molecular complexity index is 699. The SMILES string of the molecule is CCOC(=O)C1CCN(CC2=CCC(c3ccc(Cl)cc3Cl)C(N)C2)CC1. The van der Waals surface area contributed by atoms with Gasteiger partial charge in [0.2, 0.25) is 0 Å². The molecule has 27 heavy (non-hydrogen) atoms. The van der Waals surface area contributed by atoms with Crippen LogP contribution < -0.4 is 5.73 Å². The summed E-state index contributed by atoms with van der Waals surface area (Å²) in [5.41, 5.74) is 8.97. The fraction of sp³-hybridized carbons (Fsp3) is 0.571. The fourth-order valence-corrected chi connectivity index (χ4v) is 4.71. The first-order valence-electron chi connectivity index (χ1n) is 9.75. The number of rotatable bonds is 5. The molecule has 148 valence electrons. The maximum Gasteiger partial charge on any atom is 0.309 e. The Morgan fingerprint density at radius 1 is 1.30 bits per heavy atom. The van der Waals surface area contributed by atoms with Gasteiger partial charge in [0.15, 0.2) is 0 Å². The Kier molecular flexibility index (Phi) is 7.21. The predicted molar refractivity (Wildman–Crippen MR) is 110 cm³/mol. The number of carbonyl (C=O) groups excluding carboxylic acids is 1. The van der Waals surface area contributed by atoms with Crippen LogP contribution in [0.15, 0.2) is 29.8 Å². The minimum Gasteiger partial charge on any atom is -0.466 e. The van der Waals surface area contributed by atoms with E-state index in [1.807, 2.05) is 19.1 Å². The van der Waals surface area contributed by atoms with Gasteiger partial charge >= 0.3 is 5.97 Å². The van der Waals surface area contributed by atoms with Gasteiger partial charge in [-0.15, -0.1) is 0 Å². The monoisotopic (exact) mass is 410 g/mol. The van der Waals surface area contributed by atoms with Crippen LogP contribution in [0.3, 0.4) is 0 Å². The molecule has 1 aliphatic carbocycles. The second-order valence-corrected chi connectivity index (χ2v) is 8.38. The molecule has 2 N–H and O–H groups in total. The number of allylic oxidation sites excluding steroid dienone is 1. The zero-order valence-corrected chi connectivity index (χ0v) is 17.3. The summed E-state index contributed by atoms with van der Waals surface area (Å²) >= 11 is 12.4. The van der Waals surface area contributed by atoms with E-state index in [9.17, 15) is 4.79 Å². The predicted octanol–water partition coefficient (Wildman–Crippen LogP) is 4.40. The molecule has 1 aromatic rings. The van der Waals surface area contributed by atoms with Gasteiger partial charge in [-0.2, -0.15) is 0 Å². The lowest BCUT2D eigenvalue weighted by atomic mass is 9.80. The van der Waals surface area contributed by atoms with Gasteiger partial charge in [-0.3, -0.25) is 9.69 Å². The number of benzene rings is 1. The molecule has 0 spiro atoms. The van der Waals surface area contributed by atoms with Crippen molar-refractivity contribution in [2.45, 2.75) is 44.6 Å². The zero-order valence-electron chi connectivity index (χ0n) is 15.8. The summed E-state index contributed by atoms with van der Waals surface area (Å²) in [7, 11) is 0. The van der Waals surface area contributed by atoms with E-state index >= 15 is 0 Å². The lowest BCUT2D eigenvalue weighted by molar-refractivity contribution is -0.149. The van der Waals surface area contributed by atoms with Crippen LogP contribution in [0.4, 0.5) is 0 Å². The molecule has 0 bridgehead atoms. The molecule has 2 atom stereocenters. The highest BCUT2D eigenvalue weighted by molar-refractivity contribution is 6.35. The van der Waals surface area contributed by atoms with Crippen molar-refractivity contribution in [1.82, 2.24) is 4.90 Å². The number of nitrogens with two attached hydrogens (primary N) is 1. The van der Waals surface area contributed by atoms with Gasteiger partial charge in [-0.1, -0.05) is 40.9 Å². The Morgan fingerprint density at radius 2 is 2.04 bits per heavy atom. The average Bonchev–Trinajstić information content (AvgIpc) is 2.63. The Balaban J connectivity index is 1.54. The number of hydrogen-bond donors (Lipinski definition) is 1. The first-order valence-corrected chi connectivity index (χ1v) is 10.5. The van der Waals surface area contributed by atoms with Gasteiger partial charge in [0, 0.05) is 28.5 Å². The van der Waals surface area contributed by atoms with Gasteiger partial charge in [0.25, 0.3) is 0 Å². The Hall–Kier alpha value is -1.07. The summed E-state index contributed by atoms with van der Waals surface area (Å²) in [6.45, 7) is 5.12. The highest BCUT2D eigenvalue weighted by atomic mass is 35.5. The third-order valence-corrected chi connectivity index (χ3v) is 6.23. The van der Waals surface area contributed by atoms with Crippen LogP contribution in [0.5, 0.6) is 0 Å². The van der Waals surface area contributed by atoms with Crippen LogP contribution in [-0.2, 0) is 9.53 Å². The number of halogens is 2. The van der Waals surface area contributed by atoms with Gasteiger partial charge in [-0.05, 0) is 63.4 Å². The molecule has 1 saturated heterocycles. The molecule has 2 aliphatic rings. The van der Waals surface area contributed by atoms with Crippen molar-refractivity contribution in [2.24, 2.45) is 11.7 Å². The second-order valence-electron chi connectivity index (χ2n) is 7.54. The number of hydrogen-bond acceptors (Lipinski definition) is 4. The molecule has 2 unspecified atom stereocenters. The molecule has 0 amide bonds. The van der Waals surface area contributed by atoms with Gasteiger partial charge in [-0.25, -0.2) is 0 Å². The smallest absolute Gasteiger partial charge is 0.309 e. The minimum atomic E-state index is -0.0428. The molecule has 0 radical (unpaired) electrons. The molecule has 1 aromatic carbocycles. The number of esters is 1. The third kappa shape index (κ3) is 5.26. The highest BCUT2D eigenvalue weighted by Crippen LogP contribution is 2.36. The third-order valence-electron chi connectivity index (χ3n) is 5.67. The second kappa shape index (κ2) is 9.42. The van der Waals surface area contributed by atoms with Gasteiger partial charge < -0.3 is 10.5 Å². The summed E-state index contributed by atoms with van der Waals surface area (Å²) in [5, 5.41) is 1.34. The standard InChI is InChI=1S/C21H28Cl2N2O2/c1-2-27-21(26)15-7-9-25(10-8-15)13-14-3-5-18(20(24)11-14)17-6-4-16(22)12-19(17)23/h3-4,6,12,15,18,20H,2,5,7-11,13,24H2,1H3. The molecule has 6 heteroatoms. The summed E-state index contributed by atoms with van der Waals surface area (Å²) in [6.07, 6.45) is 5.84. The molecule has 4 nitrogen and oxygen atoms in total. The van der Waals surface area contributed by atoms with Crippen LogP contribution in [0, 0.1) is 5.92 Å². The Labute approximate surface area is 171 Å². The molecule has 1 heterocycles. The van der Waals surface area contributed by atoms with Crippen molar-refractivity contribution in [1.29, 1.82) is 0 Å². The van der Waals surface area contributed by atoms with Crippen molar-refractivity contribution in [3.63, 3.8) is 0 Å². The number of carbonyl (C=O) groups is 1. The topological polar surface area (TPSA) is 55.6 Å². The molecule has 0 saturated carbocycles. The van der Waals surface area contributed by atoms with Crippen molar-refractivity contribution >= 4 is 29.2 Å². The van der Waals surface area contributed by atoms with E-state index in [1.54, 1.807) is 6.07 Å². The van der Waals surface area contributed by atoms with Crippen molar-refractivity contribution in [2.75, 3.05) is 26.2 Å². The normalized spacial score (nSPS) is 24.5. The van der Waals surface area contributed by atoms with Crippen molar-refractivity contribution < 1.29 is 9.53 Å². The molecule has 1 fully saturated rings. The van der Waals surface area contributed by atoms with E-state index in [4.69, 9.17) is 33.7 Å². The summed E-state index contributed by atoms with van der Waals surface area (Å²) in [5.74, 6) is 0.243. The highest BCUT2D eigenvalue weighted by Gasteiger charge is 2.29. The summed E-state index contributed by atoms with van der Waals surface area (Å²) in [6, 6.07) is 5.72. The zero-order chi connectivity index (χ0) is 19.4. The quantitative estimate of drug-likeness (QED) is 0.577. The van der Waals surface area contributed by atoms with Crippen molar-refractivity contribution in [3.05, 3.63) is 45.5 Å². The molecule has 0 aromatic heterocycles. The van der Waals surface area contributed by atoms with E-state index in [0.29, 0.717) is 16.7 Å². The van der Waals surface area contributed by atoms with E-state index < -0.39 is 0 Å². The first-order chi connectivity index (χ1) is 13.0. The number of ether oxygens (including phenoxy) is 1. The lowest BCUT2D eigenvalue weighted by Crippen LogP contribution is -2.39. The maximum absolute atomic E-state index is 11.9. The van der Waals surface area contributed by atoms with E-state index in [2.05, 4.69) is 11.0 Å². The molecule has 3 rings (SSSR count). The van der Waals surface area contributed by atoms with Crippen LogP contribution in [0.2, 0.25) is 10.0 Å². The molecular weight excluding hydrogens is 383 g/mol. The van der Waals surface area contributed by atoms with E-state index in [1.165, 1.54) is 5.57 Å². The van der Waals surface area contributed by atoms with E-state index in [0.717, 1.165) is 50.9 Å². The average molecular weight is 411 g/mol. The first kappa shape index (κ1) is 20.7. The minimum absolute atomic E-state index is 0.0428. The lowest BCUT2D eigenvalue weighted by Gasteiger charge is -2.34. The molecule has 1 aliphatic heterocycles. The number of likely N-dealkylation sites (tertiary alicyclic amines) is 1. The van der Waals surface area contributed by atoms with Crippen molar-refractivity contribution in [3.8, 4) is 0 Å². The van der Waals surface area contributed by atoms with Gasteiger partial charge in [0.05, 0.1) is 12.5 Å². The number of nitrogens with zero attached hydrogens (tertiary/aromatic N) is 1. The van der Waals surface area contributed by atoms with Crippen LogP contribution in [0.25, 0.3) is 0 Å². The molecular formula is C21H28Cl2N2O2. The van der Waals surface area contributed by atoms with Gasteiger partial charge in [0.1, 0.15) is 0 Å². The summed E-state index contributed by atoms with van der Waals surface area (Å²) < 4.78 is 5.15. The van der Waals surface area contributed by atoms with Crippen LogP contribution >= 0.6 is 23.2 Å². The Morgan fingerprint density at radius 3 is 2.67 bits per heavy atom. The summed E-state index contributed by atoms with van der Waals surface area (Å²) in [4.78, 5) is 14.3. The van der Waals surface area contributed by atoms with E-state index in [-0.39, 0.29) is 23.8 Å². The van der Waals surface area contributed by atoms with Crippen LogP contribution in [0.1, 0.15) is 44.1 Å². The van der Waals surface area contributed by atoms with Crippen LogP contribution in [-0.4, -0.2) is 43.2 Å². The number of piperidine rings is 1. The largest absolute Gasteiger partial charge is 0.466 e. The fourth-order valence-electron chi connectivity index (χ4n) is 4.16. The maximum atomic E-state index is 11.9.